The fourth-order valence-corrected chi connectivity index (χ4v) is 4.38. The molecule has 0 unspecified atom stereocenters. The number of carbonyl (C=O) groups is 1. The summed E-state index contributed by atoms with van der Waals surface area (Å²) in [5.74, 6) is 1.26. The van der Waals surface area contributed by atoms with Gasteiger partial charge in [-0.1, -0.05) is 22.0 Å². The van der Waals surface area contributed by atoms with Crippen LogP contribution in [-0.2, 0) is 9.53 Å². The Morgan fingerprint density at radius 1 is 0.939 bits per heavy atom. The van der Waals surface area contributed by atoms with Crippen molar-refractivity contribution in [1.82, 2.24) is 0 Å². The zero-order valence-electron chi connectivity index (χ0n) is 19.3. The van der Waals surface area contributed by atoms with Gasteiger partial charge in [0.05, 0.1) is 52.7 Å². The summed E-state index contributed by atoms with van der Waals surface area (Å²) in [7, 11) is 6.08. The standard InChI is InChI=1S/C24H30BrNO7/c1-29-19-8-7-15(11-18(19)27)22-17(14-33-10-6-5-9-25)24(28)26(22)16-12-20(30-2)23(32-4)21(13-16)31-3/h7-8,11-13,17,22,27H,5-6,9-10,14H2,1-4H3/t17-,22+/m1/s1. The Labute approximate surface area is 202 Å². The zero-order valence-corrected chi connectivity index (χ0v) is 20.9. The van der Waals surface area contributed by atoms with E-state index in [4.69, 9.17) is 23.7 Å². The molecule has 8 nitrogen and oxygen atoms in total. The third kappa shape index (κ3) is 5.14. The van der Waals surface area contributed by atoms with Crippen molar-refractivity contribution in [2.45, 2.75) is 18.9 Å². The van der Waals surface area contributed by atoms with Crippen molar-refractivity contribution in [1.29, 1.82) is 0 Å². The van der Waals surface area contributed by atoms with Crippen LogP contribution in [0.2, 0.25) is 0 Å². The minimum atomic E-state index is -0.388. The molecule has 0 bridgehead atoms. The first-order chi connectivity index (χ1) is 16.0. The predicted octanol–water partition coefficient (Wildman–Crippen LogP) is 4.32. The number of alkyl halides is 1. The van der Waals surface area contributed by atoms with E-state index in [2.05, 4.69) is 15.9 Å². The molecule has 0 aliphatic carbocycles. The van der Waals surface area contributed by atoms with Crippen LogP contribution in [0.15, 0.2) is 30.3 Å². The lowest BCUT2D eigenvalue weighted by Crippen LogP contribution is -2.57. The van der Waals surface area contributed by atoms with Gasteiger partial charge in [-0.15, -0.1) is 0 Å². The summed E-state index contributed by atoms with van der Waals surface area (Å²) in [6.07, 6.45) is 1.92. The predicted molar refractivity (Wildman–Crippen MR) is 128 cm³/mol. The van der Waals surface area contributed by atoms with Crippen LogP contribution in [0.3, 0.4) is 0 Å². The Bertz CT molecular complexity index is 943. The summed E-state index contributed by atoms with van der Waals surface area (Å²) in [5.41, 5.74) is 1.38. The molecular weight excluding hydrogens is 494 g/mol. The average molecular weight is 524 g/mol. The molecule has 2 atom stereocenters. The van der Waals surface area contributed by atoms with Crippen molar-refractivity contribution in [2.24, 2.45) is 5.92 Å². The number of methoxy groups -OCH3 is 4. The maximum Gasteiger partial charge on any atom is 0.235 e. The smallest absolute Gasteiger partial charge is 0.235 e. The van der Waals surface area contributed by atoms with E-state index in [-0.39, 0.29) is 23.6 Å². The van der Waals surface area contributed by atoms with Crippen molar-refractivity contribution < 1.29 is 33.6 Å². The van der Waals surface area contributed by atoms with Crippen LogP contribution in [0.4, 0.5) is 5.69 Å². The van der Waals surface area contributed by atoms with E-state index in [1.54, 1.807) is 29.2 Å². The molecule has 180 valence electrons. The van der Waals surface area contributed by atoms with E-state index >= 15 is 0 Å². The average Bonchev–Trinajstić information content (AvgIpc) is 2.83. The second-order valence-electron chi connectivity index (χ2n) is 7.55. The molecule has 1 fully saturated rings. The van der Waals surface area contributed by atoms with Crippen molar-refractivity contribution in [3.8, 4) is 28.7 Å². The number of unbranched alkanes of at least 4 members (excludes halogenated alkanes) is 1. The van der Waals surface area contributed by atoms with E-state index in [9.17, 15) is 9.90 Å². The Hall–Kier alpha value is -2.65. The van der Waals surface area contributed by atoms with Crippen LogP contribution >= 0.6 is 15.9 Å². The highest BCUT2D eigenvalue weighted by Crippen LogP contribution is 2.49. The Morgan fingerprint density at radius 3 is 2.15 bits per heavy atom. The molecule has 1 N–H and O–H groups in total. The number of aromatic hydroxyl groups is 1. The number of hydrogen-bond acceptors (Lipinski definition) is 7. The Balaban J connectivity index is 1.96. The summed E-state index contributed by atoms with van der Waals surface area (Å²) >= 11 is 3.41. The normalized spacial score (nSPS) is 17.5. The minimum absolute atomic E-state index is 0.0104. The number of β-lactam (4-membered cyclic amide) rings is 1. The van der Waals surface area contributed by atoms with Gasteiger partial charge in [-0.25, -0.2) is 0 Å². The van der Waals surface area contributed by atoms with E-state index < -0.39 is 0 Å². The Kier molecular flexibility index (Phi) is 8.68. The first-order valence-electron chi connectivity index (χ1n) is 10.6. The van der Waals surface area contributed by atoms with Crippen molar-refractivity contribution in [3.63, 3.8) is 0 Å². The number of hydrogen-bond donors (Lipinski definition) is 1. The van der Waals surface area contributed by atoms with Gasteiger partial charge in [-0.3, -0.25) is 4.79 Å². The van der Waals surface area contributed by atoms with Gasteiger partial charge in [-0.2, -0.15) is 0 Å². The molecule has 33 heavy (non-hydrogen) atoms. The molecule has 0 saturated carbocycles. The molecule has 3 rings (SSSR count). The molecule has 1 heterocycles. The maximum absolute atomic E-state index is 13.3. The first-order valence-corrected chi connectivity index (χ1v) is 11.8. The fraction of sp³-hybridized carbons (Fsp3) is 0.458. The molecule has 1 aliphatic heterocycles. The Morgan fingerprint density at radius 2 is 1.61 bits per heavy atom. The van der Waals surface area contributed by atoms with Crippen LogP contribution in [0.1, 0.15) is 24.4 Å². The highest BCUT2D eigenvalue weighted by atomic mass is 79.9. The quantitative estimate of drug-likeness (QED) is 0.251. The zero-order chi connectivity index (χ0) is 24.0. The van der Waals surface area contributed by atoms with Gasteiger partial charge in [0.15, 0.2) is 23.0 Å². The van der Waals surface area contributed by atoms with Gasteiger partial charge in [0, 0.05) is 24.1 Å². The molecule has 2 aromatic rings. The van der Waals surface area contributed by atoms with Crippen molar-refractivity contribution in [2.75, 3.05) is 51.9 Å². The first kappa shape index (κ1) is 25.0. The summed E-state index contributed by atoms with van der Waals surface area (Å²) in [4.78, 5) is 14.9. The van der Waals surface area contributed by atoms with E-state index in [1.165, 1.54) is 28.4 Å². The van der Waals surface area contributed by atoms with Gasteiger partial charge >= 0.3 is 0 Å². The van der Waals surface area contributed by atoms with Gasteiger partial charge in [0.2, 0.25) is 11.7 Å². The largest absolute Gasteiger partial charge is 0.504 e. The molecule has 1 saturated heterocycles. The molecule has 0 spiro atoms. The summed E-state index contributed by atoms with van der Waals surface area (Å²) in [6, 6.07) is 8.30. The molecular formula is C24H30BrNO7. The topological polar surface area (TPSA) is 86.7 Å². The van der Waals surface area contributed by atoms with Gasteiger partial charge in [-0.05, 0) is 30.5 Å². The number of benzene rings is 2. The third-order valence-corrected chi connectivity index (χ3v) is 6.22. The molecule has 0 radical (unpaired) electrons. The van der Waals surface area contributed by atoms with Crippen LogP contribution < -0.4 is 23.8 Å². The second kappa shape index (κ2) is 11.5. The highest BCUT2D eigenvalue weighted by molar-refractivity contribution is 9.09. The fourth-order valence-electron chi connectivity index (χ4n) is 3.99. The van der Waals surface area contributed by atoms with Crippen LogP contribution in [0.5, 0.6) is 28.7 Å². The summed E-state index contributed by atoms with van der Waals surface area (Å²) in [6.45, 7) is 0.875. The number of halogens is 1. The lowest BCUT2D eigenvalue weighted by Gasteiger charge is -2.47. The number of rotatable bonds is 12. The third-order valence-electron chi connectivity index (χ3n) is 5.66. The molecule has 0 aromatic heterocycles. The monoisotopic (exact) mass is 523 g/mol. The second-order valence-corrected chi connectivity index (χ2v) is 8.34. The minimum Gasteiger partial charge on any atom is -0.504 e. The number of ether oxygens (including phenoxy) is 5. The summed E-state index contributed by atoms with van der Waals surface area (Å²) in [5, 5.41) is 11.3. The van der Waals surface area contributed by atoms with Gasteiger partial charge in [0.1, 0.15) is 0 Å². The maximum atomic E-state index is 13.3. The molecule has 2 aromatic carbocycles. The number of nitrogens with zero attached hydrogens (tertiary/aromatic N) is 1. The van der Waals surface area contributed by atoms with Crippen LogP contribution in [-0.4, -0.2) is 58.0 Å². The van der Waals surface area contributed by atoms with Crippen molar-refractivity contribution in [3.05, 3.63) is 35.9 Å². The molecule has 1 aliphatic rings. The molecule has 1 amide bonds. The van der Waals surface area contributed by atoms with Crippen LogP contribution in [0.25, 0.3) is 0 Å². The summed E-state index contributed by atoms with van der Waals surface area (Å²) < 4.78 is 27.3. The SMILES string of the molecule is COc1ccc([C@H]2[C@@H](COCCCCBr)C(=O)N2c2cc(OC)c(OC)c(OC)c2)cc1O. The van der Waals surface area contributed by atoms with E-state index in [1.807, 2.05) is 6.07 Å². The number of carbonyl (C=O) groups excluding carboxylic acids is 1. The number of phenols is 1. The lowest BCUT2D eigenvalue weighted by atomic mass is 9.82. The number of amides is 1. The molecule has 9 heteroatoms. The lowest BCUT2D eigenvalue weighted by molar-refractivity contribution is -0.133. The van der Waals surface area contributed by atoms with E-state index in [0.717, 1.165) is 23.7 Å². The van der Waals surface area contributed by atoms with Gasteiger partial charge < -0.3 is 33.7 Å². The van der Waals surface area contributed by atoms with Crippen LogP contribution in [0, 0.1) is 5.92 Å². The van der Waals surface area contributed by atoms with Gasteiger partial charge in [0.25, 0.3) is 0 Å². The number of anilines is 1. The van der Waals surface area contributed by atoms with Crippen molar-refractivity contribution >= 4 is 27.5 Å². The number of phenolic OH excluding ortho intramolecular Hbond substituents is 1. The highest BCUT2D eigenvalue weighted by Gasteiger charge is 2.49. The van der Waals surface area contributed by atoms with E-state index in [0.29, 0.717) is 41.9 Å².